The summed E-state index contributed by atoms with van der Waals surface area (Å²) in [5.41, 5.74) is 1.16. The third-order valence-corrected chi connectivity index (χ3v) is 2.56. The van der Waals surface area contributed by atoms with Gasteiger partial charge >= 0.3 is 0 Å². The Bertz CT molecular complexity index is 286. The van der Waals surface area contributed by atoms with E-state index in [-0.39, 0.29) is 5.82 Å². The van der Waals surface area contributed by atoms with Gasteiger partial charge in [0.2, 0.25) is 0 Å². The molecule has 0 saturated carbocycles. The van der Waals surface area contributed by atoms with Gasteiger partial charge in [0.05, 0.1) is 0 Å². The van der Waals surface area contributed by atoms with Crippen molar-refractivity contribution in [3.8, 4) is 0 Å². The molecule has 3 heteroatoms. The van der Waals surface area contributed by atoms with E-state index >= 15 is 0 Å². The molecule has 0 aliphatic carbocycles. The Morgan fingerprint density at radius 1 is 1.31 bits per heavy atom. The number of likely N-dealkylation sites (N-methyl/N-ethyl adjacent to an activating group) is 1. The molecule has 16 heavy (non-hydrogen) atoms. The highest BCUT2D eigenvalue weighted by molar-refractivity contribution is 5.17. The average Bonchev–Trinajstić information content (AvgIpc) is 2.29. The fourth-order valence-electron chi connectivity index (χ4n) is 1.73. The van der Waals surface area contributed by atoms with Crippen molar-refractivity contribution < 1.29 is 9.13 Å². The Labute approximate surface area is 96.8 Å². The summed E-state index contributed by atoms with van der Waals surface area (Å²) < 4.78 is 17.8. The van der Waals surface area contributed by atoms with E-state index in [1.165, 1.54) is 12.1 Å². The lowest BCUT2D eigenvalue weighted by Gasteiger charge is -2.17. The number of hydrogen-bond donors (Lipinski definition) is 1. The smallest absolute Gasteiger partial charge is 0.123 e. The number of nitrogens with one attached hydrogen (secondary N) is 1. The molecule has 1 rings (SSSR count). The molecular weight excluding hydrogens is 205 g/mol. The highest BCUT2D eigenvalue weighted by Crippen LogP contribution is 2.07. The second kappa shape index (κ2) is 7.36. The predicted molar refractivity (Wildman–Crippen MR) is 64.1 cm³/mol. The zero-order valence-corrected chi connectivity index (χ0v) is 10.0. The molecule has 0 heterocycles. The molecule has 0 amide bonds. The number of hydrogen-bond acceptors (Lipinski definition) is 2. The summed E-state index contributed by atoms with van der Waals surface area (Å²) in [5, 5.41) is 3.41. The van der Waals surface area contributed by atoms with E-state index in [0.717, 1.165) is 31.6 Å². The Balaban J connectivity index is 2.49. The number of benzene rings is 1. The van der Waals surface area contributed by atoms with Crippen LogP contribution in [0.25, 0.3) is 0 Å². The van der Waals surface area contributed by atoms with Gasteiger partial charge in [0, 0.05) is 19.8 Å². The van der Waals surface area contributed by atoms with Crippen LogP contribution in [-0.2, 0) is 11.2 Å². The average molecular weight is 225 g/mol. The lowest BCUT2D eigenvalue weighted by atomic mass is 10.0. The van der Waals surface area contributed by atoms with Crippen molar-refractivity contribution in [3.05, 3.63) is 35.6 Å². The van der Waals surface area contributed by atoms with Crippen LogP contribution in [0.4, 0.5) is 4.39 Å². The molecule has 90 valence electrons. The molecule has 1 aromatic carbocycles. The molecule has 0 bridgehead atoms. The van der Waals surface area contributed by atoms with Crippen LogP contribution in [0.5, 0.6) is 0 Å². The highest BCUT2D eigenvalue weighted by Gasteiger charge is 2.07. The van der Waals surface area contributed by atoms with E-state index in [9.17, 15) is 4.39 Å². The number of methoxy groups -OCH3 is 1. The molecule has 0 aliphatic heterocycles. The Kier molecular flexibility index (Phi) is 6.04. The van der Waals surface area contributed by atoms with E-state index in [0.29, 0.717) is 6.04 Å². The maximum absolute atomic E-state index is 12.7. The van der Waals surface area contributed by atoms with Crippen LogP contribution in [0, 0.1) is 5.82 Å². The molecule has 1 unspecified atom stereocenters. The van der Waals surface area contributed by atoms with Crippen molar-refractivity contribution in [2.24, 2.45) is 0 Å². The summed E-state index contributed by atoms with van der Waals surface area (Å²) in [6.45, 7) is 3.78. The van der Waals surface area contributed by atoms with Gasteiger partial charge < -0.3 is 10.1 Å². The lowest BCUT2D eigenvalue weighted by Crippen LogP contribution is -2.32. The second-order valence-electron chi connectivity index (χ2n) is 3.87. The molecule has 1 aromatic rings. The van der Waals surface area contributed by atoms with Crippen molar-refractivity contribution in [2.75, 3.05) is 20.3 Å². The van der Waals surface area contributed by atoms with E-state index in [1.54, 1.807) is 7.11 Å². The quantitative estimate of drug-likeness (QED) is 0.769. The van der Waals surface area contributed by atoms with Gasteiger partial charge in [0.15, 0.2) is 0 Å². The van der Waals surface area contributed by atoms with E-state index in [2.05, 4.69) is 12.2 Å². The number of ether oxygens (including phenoxy) is 1. The van der Waals surface area contributed by atoms with Gasteiger partial charge in [-0.15, -0.1) is 0 Å². The van der Waals surface area contributed by atoms with Gasteiger partial charge in [-0.1, -0.05) is 19.1 Å². The van der Waals surface area contributed by atoms with Crippen molar-refractivity contribution in [1.82, 2.24) is 5.32 Å². The maximum atomic E-state index is 12.7. The molecule has 0 saturated heterocycles. The van der Waals surface area contributed by atoms with Crippen LogP contribution < -0.4 is 5.32 Å². The summed E-state index contributed by atoms with van der Waals surface area (Å²) in [6.07, 6.45) is 1.89. The van der Waals surface area contributed by atoms with Crippen LogP contribution in [0.15, 0.2) is 24.3 Å². The first kappa shape index (κ1) is 13.1. The number of halogens is 1. The van der Waals surface area contributed by atoms with Gasteiger partial charge in [0.1, 0.15) is 5.82 Å². The Morgan fingerprint density at radius 2 is 2.00 bits per heavy atom. The van der Waals surface area contributed by atoms with E-state index in [1.807, 2.05) is 12.1 Å². The molecule has 2 nitrogen and oxygen atoms in total. The zero-order chi connectivity index (χ0) is 11.8. The minimum Gasteiger partial charge on any atom is -0.385 e. The summed E-state index contributed by atoms with van der Waals surface area (Å²) in [5.74, 6) is -0.180. The normalized spacial score (nSPS) is 12.7. The van der Waals surface area contributed by atoms with Crippen LogP contribution in [0.1, 0.15) is 18.9 Å². The molecule has 0 spiro atoms. The zero-order valence-electron chi connectivity index (χ0n) is 10.0. The molecule has 0 radical (unpaired) electrons. The minimum atomic E-state index is -0.180. The first-order chi connectivity index (χ1) is 7.76. The van der Waals surface area contributed by atoms with Gasteiger partial charge in [-0.25, -0.2) is 4.39 Å². The lowest BCUT2D eigenvalue weighted by molar-refractivity contribution is 0.183. The summed E-state index contributed by atoms with van der Waals surface area (Å²) in [7, 11) is 1.71. The van der Waals surface area contributed by atoms with Gasteiger partial charge in [-0.05, 0) is 37.1 Å². The van der Waals surface area contributed by atoms with Gasteiger partial charge in [-0.3, -0.25) is 0 Å². The standard InChI is InChI=1S/C13H20FNO/c1-3-15-13(8-9-16-2)10-11-4-6-12(14)7-5-11/h4-7,13,15H,3,8-10H2,1-2H3. The molecule has 0 aliphatic rings. The molecular formula is C13H20FNO. The fraction of sp³-hybridized carbons (Fsp3) is 0.538. The molecule has 0 fully saturated rings. The SMILES string of the molecule is CCNC(CCOC)Cc1ccc(F)cc1. The van der Waals surface area contributed by atoms with Crippen molar-refractivity contribution >= 4 is 0 Å². The van der Waals surface area contributed by atoms with E-state index in [4.69, 9.17) is 4.74 Å². The van der Waals surface area contributed by atoms with Gasteiger partial charge in [-0.2, -0.15) is 0 Å². The Morgan fingerprint density at radius 3 is 2.56 bits per heavy atom. The van der Waals surface area contributed by atoms with Crippen LogP contribution in [0.2, 0.25) is 0 Å². The third-order valence-electron chi connectivity index (χ3n) is 2.56. The fourth-order valence-corrected chi connectivity index (χ4v) is 1.73. The third kappa shape index (κ3) is 4.73. The van der Waals surface area contributed by atoms with Crippen LogP contribution >= 0.6 is 0 Å². The van der Waals surface area contributed by atoms with E-state index < -0.39 is 0 Å². The second-order valence-corrected chi connectivity index (χ2v) is 3.87. The molecule has 0 aromatic heterocycles. The summed E-state index contributed by atoms with van der Waals surface area (Å²) in [6, 6.07) is 7.10. The minimum absolute atomic E-state index is 0.180. The predicted octanol–water partition coefficient (Wildman–Crippen LogP) is 2.38. The topological polar surface area (TPSA) is 21.3 Å². The van der Waals surface area contributed by atoms with Crippen molar-refractivity contribution in [3.63, 3.8) is 0 Å². The summed E-state index contributed by atoms with van der Waals surface area (Å²) >= 11 is 0. The van der Waals surface area contributed by atoms with Crippen molar-refractivity contribution in [2.45, 2.75) is 25.8 Å². The first-order valence-electron chi connectivity index (χ1n) is 5.73. The van der Waals surface area contributed by atoms with Crippen LogP contribution in [-0.4, -0.2) is 26.3 Å². The molecule has 1 N–H and O–H groups in total. The highest BCUT2D eigenvalue weighted by atomic mass is 19.1. The first-order valence-corrected chi connectivity index (χ1v) is 5.73. The van der Waals surface area contributed by atoms with Gasteiger partial charge in [0.25, 0.3) is 0 Å². The molecule has 1 atom stereocenters. The maximum Gasteiger partial charge on any atom is 0.123 e. The van der Waals surface area contributed by atoms with Crippen LogP contribution in [0.3, 0.4) is 0 Å². The van der Waals surface area contributed by atoms with Crippen molar-refractivity contribution in [1.29, 1.82) is 0 Å². The Hall–Kier alpha value is -0.930. The largest absolute Gasteiger partial charge is 0.385 e. The summed E-state index contributed by atoms with van der Waals surface area (Å²) in [4.78, 5) is 0. The number of rotatable bonds is 7. The monoisotopic (exact) mass is 225 g/mol.